The minimum Gasteiger partial charge on any atom is -0.395 e. The molecule has 0 unspecified atom stereocenters. The third-order valence-corrected chi connectivity index (χ3v) is 4.21. The first-order chi connectivity index (χ1) is 8.04. The van der Waals surface area contributed by atoms with Crippen LogP contribution in [0, 0.1) is 0 Å². The number of anilines is 1. The first kappa shape index (κ1) is 12.4. The summed E-state index contributed by atoms with van der Waals surface area (Å²) in [6.45, 7) is -0.267. The molecule has 2 rings (SSSR count). The van der Waals surface area contributed by atoms with E-state index in [1.165, 1.54) is 16.8 Å². The lowest BCUT2D eigenvalue weighted by Crippen LogP contribution is -2.36. The first-order valence-electron chi connectivity index (χ1n) is 5.01. The highest BCUT2D eigenvalue weighted by molar-refractivity contribution is 8.00. The molecule has 1 aromatic heterocycles. The molecule has 0 radical (unpaired) electrons. The van der Waals surface area contributed by atoms with E-state index in [-0.39, 0.29) is 12.4 Å². The summed E-state index contributed by atoms with van der Waals surface area (Å²) < 4.78 is 1.20. The van der Waals surface area contributed by atoms with Crippen LogP contribution in [-0.4, -0.2) is 48.9 Å². The Morgan fingerprint density at radius 3 is 2.71 bits per heavy atom. The molecule has 0 saturated carbocycles. The zero-order valence-electron chi connectivity index (χ0n) is 8.80. The van der Waals surface area contributed by atoms with Gasteiger partial charge >= 0.3 is 5.69 Å². The second-order valence-corrected chi connectivity index (χ2v) is 5.13. The molecule has 8 heteroatoms. The SMILES string of the molecule is Nc1ccn([C@@H]2S[C@H](CO)[C@@H](O)[C@H]2O)c(=O)n1. The summed E-state index contributed by atoms with van der Waals surface area (Å²) in [5, 5.41) is 27.3. The van der Waals surface area contributed by atoms with Crippen molar-refractivity contribution in [3.63, 3.8) is 0 Å². The van der Waals surface area contributed by atoms with Gasteiger partial charge in [0.15, 0.2) is 0 Å². The predicted molar refractivity (Wildman–Crippen MR) is 62.4 cm³/mol. The molecule has 0 aromatic carbocycles. The van der Waals surface area contributed by atoms with Gasteiger partial charge in [0.05, 0.1) is 18.0 Å². The molecular weight excluding hydrogens is 246 g/mol. The average Bonchev–Trinajstić information content (AvgIpc) is 2.57. The van der Waals surface area contributed by atoms with E-state index in [4.69, 9.17) is 10.8 Å². The van der Waals surface area contributed by atoms with E-state index in [0.717, 1.165) is 11.8 Å². The van der Waals surface area contributed by atoms with Crippen molar-refractivity contribution >= 4 is 17.6 Å². The lowest BCUT2D eigenvalue weighted by Gasteiger charge is -2.17. The van der Waals surface area contributed by atoms with Gasteiger partial charge < -0.3 is 21.1 Å². The average molecular weight is 259 g/mol. The highest BCUT2D eigenvalue weighted by Crippen LogP contribution is 2.40. The van der Waals surface area contributed by atoms with E-state index in [0.29, 0.717) is 0 Å². The van der Waals surface area contributed by atoms with Crippen LogP contribution in [0.2, 0.25) is 0 Å². The molecule has 5 N–H and O–H groups in total. The number of rotatable bonds is 2. The summed E-state index contributed by atoms with van der Waals surface area (Å²) in [6, 6.07) is 1.44. The maximum atomic E-state index is 11.6. The Hall–Kier alpha value is -1.09. The fraction of sp³-hybridized carbons (Fsp3) is 0.556. The summed E-state index contributed by atoms with van der Waals surface area (Å²) in [5.41, 5.74) is 4.77. The Labute approximate surface area is 101 Å². The first-order valence-corrected chi connectivity index (χ1v) is 5.96. The Balaban J connectivity index is 2.32. The van der Waals surface area contributed by atoms with Crippen LogP contribution in [0.15, 0.2) is 17.1 Å². The lowest BCUT2D eigenvalue weighted by molar-refractivity contribution is 0.0101. The molecule has 0 aliphatic carbocycles. The molecule has 2 heterocycles. The second-order valence-electron chi connectivity index (χ2n) is 3.77. The number of nitrogens with zero attached hydrogens (tertiary/aromatic N) is 2. The Bertz CT molecular complexity index is 466. The summed E-state index contributed by atoms with van der Waals surface area (Å²) in [5.74, 6) is 0.1000. The van der Waals surface area contributed by atoms with Gasteiger partial charge in [0, 0.05) is 6.20 Å². The monoisotopic (exact) mass is 259 g/mol. The van der Waals surface area contributed by atoms with Gasteiger partial charge in [-0.1, -0.05) is 0 Å². The predicted octanol–water partition coefficient (Wildman–Crippen LogP) is -1.85. The van der Waals surface area contributed by atoms with Crippen LogP contribution in [0.4, 0.5) is 5.82 Å². The van der Waals surface area contributed by atoms with Crippen molar-refractivity contribution < 1.29 is 15.3 Å². The van der Waals surface area contributed by atoms with Crippen molar-refractivity contribution in [1.29, 1.82) is 0 Å². The number of nitrogens with two attached hydrogens (primary N) is 1. The van der Waals surface area contributed by atoms with Crippen molar-refractivity contribution in [1.82, 2.24) is 9.55 Å². The minimum absolute atomic E-state index is 0.1000. The number of aliphatic hydroxyl groups excluding tert-OH is 3. The fourth-order valence-electron chi connectivity index (χ4n) is 1.73. The smallest absolute Gasteiger partial charge is 0.350 e. The van der Waals surface area contributed by atoms with Crippen LogP contribution in [-0.2, 0) is 0 Å². The number of hydrogen-bond acceptors (Lipinski definition) is 7. The van der Waals surface area contributed by atoms with Gasteiger partial charge in [0.2, 0.25) is 0 Å². The van der Waals surface area contributed by atoms with Crippen molar-refractivity contribution in [2.75, 3.05) is 12.3 Å². The minimum atomic E-state index is -1.12. The van der Waals surface area contributed by atoms with Crippen LogP contribution in [0.1, 0.15) is 5.37 Å². The highest BCUT2D eigenvalue weighted by atomic mass is 32.2. The van der Waals surface area contributed by atoms with Crippen LogP contribution in [0.3, 0.4) is 0 Å². The number of nitrogen functional groups attached to an aromatic ring is 1. The zero-order valence-corrected chi connectivity index (χ0v) is 9.62. The molecule has 0 bridgehead atoms. The van der Waals surface area contributed by atoms with Gasteiger partial charge in [-0.2, -0.15) is 4.98 Å². The maximum absolute atomic E-state index is 11.6. The summed E-state index contributed by atoms with van der Waals surface area (Å²) in [7, 11) is 0. The molecule has 1 saturated heterocycles. The molecule has 1 fully saturated rings. The highest BCUT2D eigenvalue weighted by Gasteiger charge is 2.43. The summed E-state index contributed by atoms with van der Waals surface area (Å²) in [4.78, 5) is 15.1. The van der Waals surface area contributed by atoms with E-state index in [2.05, 4.69) is 4.98 Å². The van der Waals surface area contributed by atoms with E-state index in [1.54, 1.807) is 0 Å². The van der Waals surface area contributed by atoms with Crippen molar-refractivity contribution in [3.05, 3.63) is 22.7 Å². The van der Waals surface area contributed by atoms with E-state index >= 15 is 0 Å². The lowest BCUT2D eigenvalue weighted by atomic mass is 10.1. The number of aromatic nitrogens is 2. The maximum Gasteiger partial charge on any atom is 0.350 e. The Morgan fingerprint density at radius 1 is 1.47 bits per heavy atom. The third kappa shape index (κ3) is 2.16. The van der Waals surface area contributed by atoms with Crippen molar-refractivity contribution in [2.24, 2.45) is 0 Å². The van der Waals surface area contributed by atoms with Crippen molar-refractivity contribution in [2.45, 2.75) is 22.8 Å². The Kier molecular flexibility index (Phi) is 3.38. The molecule has 4 atom stereocenters. The summed E-state index contributed by atoms with van der Waals surface area (Å²) >= 11 is 1.13. The molecule has 94 valence electrons. The molecule has 0 spiro atoms. The molecule has 1 aliphatic heterocycles. The van der Waals surface area contributed by atoms with Crippen LogP contribution in [0.5, 0.6) is 0 Å². The van der Waals surface area contributed by atoms with Gasteiger partial charge in [0.25, 0.3) is 0 Å². The summed E-state index contributed by atoms with van der Waals surface area (Å²) in [6.07, 6.45) is -0.780. The number of thioether (sulfide) groups is 1. The molecule has 7 nitrogen and oxygen atoms in total. The Morgan fingerprint density at radius 2 is 2.18 bits per heavy atom. The quantitative estimate of drug-likeness (QED) is 0.492. The fourth-order valence-corrected chi connectivity index (χ4v) is 3.11. The number of aliphatic hydroxyl groups is 3. The van der Waals surface area contributed by atoms with Gasteiger partial charge in [-0.05, 0) is 6.07 Å². The third-order valence-electron chi connectivity index (χ3n) is 2.64. The van der Waals surface area contributed by atoms with Crippen LogP contribution >= 0.6 is 11.8 Å². The molecule has 1 aromatic rings. The standard InChI is InChI=1S/C9H13N3O4S/c10-5-1-2-12(9(16)11-5)8-7(15)6(14)4(3-13)17-8/h1-2,4,6-8,13-15H,3H2,(H2,10,11,16)/t4-,6-,7-,8-/m1/s1. The van der Waals surface area contributed by atoms with Gasteiger partial charge in [-0.15, -0.1) is 11.8 Å². The van der Waals surface area contributed by atoms with Crippen LogP contribution in [0.25, 0.3) is 0 Å². The van der Waals surface area contributed by atoms with Gasteiger partial charge in [-0.3, -0.25) is 4.57 Å². The van der Waals surface area contributed by atoms with E-state index in [1.807, 2.05) is 0 Å². The number of hydrogen-bond donors (Lipinski definition) is 4. The van der Waals surface area contributed by atoms with E-state index in [9.17, 15) is 15.0 Å². The van der Waals surface area contributed by atoms with Crippen LogP contribution < -0.4 is 11.4 Å². The van der Waals surface area contributed by atoms with Gasteiger partial charge in [0.1, 0.15) is 17.3 Å². The topological polar surface area (TPSA) is 122 Å². The second kappa shape index (κ2) is 4.65. The molecule has 17 heavy (non-hydrogen) atoms. The van der Waals surface area contributed by atoms with E-state index < -0.39 is 28.5 Å². The molecule has 0 amide bonds. The zero-order chi connectivity index (χ0) is 12.6. The largest absolute Gasteiger partial charge is 0.395 e. The van der Waals surface area contributed by atoms with Crippen molar-refractivity contribution in [3.8, 4) is 0 Å². The molecular formula is C9H13N3O4S. The molecule has 1 aliphatic rings. The normalized spacial score (nSPS) is 32.9. The van der Waals surface area contributed by atoms with Gasteiger partial charge in [-0.25, -0.2) is 4.79 Å².